The quantitative estimate of drug-likeness (QED) is 0.332. The van der Waals surface area contributed by atoms with Gasteiger partial charge in [-0.2, -0.15) is 0 Å². The van der Waals surface area contributed by atoms with E-state index in [0.29, 0.717) is 33.4 Å². The van der Waals surface area contributed by atoms with Crippen LogP contribution in [0.25, 0.3) is 33.3 Å². The first kappa shape index (κ1) is 20.1. The largest absolute Gasteiger partial charge is 0.483 e. The number of benzene rings is 4. The molecule has 32 heavy (non-hydrogen) atoms. The monoisotopic (exact) mass is 442 g/mol. The van der Waals surface area contributed by atoms with E-state index in [1.54, 1.807) is 36.4 Å². The predicted octanol–water partition coefficient (Wildman–Crippen LogP) is 6.63. The summed E-state index contributed by atoms with van der Waals surface area (Å²) in [4.78, 5) is 17.0. The second-order valence-electron chi connectivity index (χ2n) is 7.47. The average Bonchev–Trinajstić information content (AvgIpc) is 3.21. The second kappa shape index (κ2) is 8.36. The van der Waals surface area contributed by atoms with Crippen LogP contribution in [0.4, 0.5) is 5.69 Å². The number of oxazole rings is 1. The Morgan fingerprint density at radius 3 is 2.75 bits per heavy atom. The molecule has 1 aromatic heterocycles. The van der Waals surface area contributed by atoms with Gasteiger partial charge >= 0.3 is 0 Å². The summed E-state index contributed by atoms with van der Waals surface area (Å²) >= 11 is 5.96. The number of aromatic nitrogens is 1. The highest BCUT2D eigenvalue weighted by atomic mass is 35.5. The lowest BCUT2D eigenvalue weighted by Crippen LogP contribution is -2.20. The topological polar surface area (TPSA) is 64.4 Å². The van der Waals surface area contributed by atoms with E-state index in [1.807, 2.05) is 37.3 Å². The van der Waals surface area contributed by atoms with E-state index in [-0.39, 0.29) is 12.5 Å². The molecule has 0 atom stereocenters. The van der Waals surface area contributed by atoms with Crippen LogP contribution in [0, 0.1) is 6.92 Å². The van der Waals surface area contributed by atoms with Gasteiger partial charge in [-0.1, -0.05) is 48.0 Å². The summed E-state index contributed by atoms with van der Waals surface area (Å²) in [5.41, 5.74) is 3.74. The fraction of sp³-hybridized carbons (Fsp3) is 0.0769. The van der Waals surface area contributed by atoms with Crippen LogP contribution < -0.4 is 10.1 Å². The molecule has 5 nitrogen and oxygen atoms in total. The van der Waals surface area contributed by atoms with Gasteiger partial charge < -0.3 is 14.5 Å². The molecular formula is C26H19ClN2O3. The van der Waals surface area contributed by atoms with Crippen molar-refractivity contribution in [2.45, 2.75) is 6.92 Å². The van der Waals surface area contributed by atoms with Crippen molar-refractivity contribution in [1.82, 2.24) is 4.98 Å². The van der Waals surface area contributed by atoms with Gasteiger partial charge in [0.05, 0.1) is 0 Å². The maximum absolute atomic E-state index is 12.4. The Labute approximate surface area is 189 Å². The fourth-order valence-electron chi connectivity index (χ4n) is 3.65. The van der Waals surface area contributed by atoms with Crippen LogP contribution in [0.3, 0.4) is 0 Å². The molecule has 0 bridgehead atoms. The van der Waals surface area contributed by atoms with Crippen molar-refractivity contribution >= 4 is 45.1 Å². The minimum Gasteiger partial charge on any atom is -0.483 e. The van der Waals surface area contributed by atoms with Crippen LogP contribution in [-0.4, -0.2) is 17.5 Å². The SMILES string of the molecule is Cc1cc(Cl)ccc1OCC(=O)Nc1ccc2oc(-c3cccc4ccccc34)nc2c1. The number of fused-ring (bicyclic) bond motifs is 2. The molecule has 0 unspecified atom stereocenters. The number of rotatable bonds is 5. The van der Waals surface area contributed by atoms with Crippen molar-refractivity contribution < 1.29 is 13.9 Å². The number of halogens is 1. The number of carbonyl (C=O) groups is 1. The van der Waals surface area contributed by atoms with Crippen LogP contribution in [0.15, 0.2) is 83.3 Å². The predicted molar refractivity (Wildman–Crippen MR) is 127 cm³/mol. The zero-order chi connectivity index (χ0) is 22.1. The normalized spacial score (nSPS) is 11.1. The van der Waals surface area contributed by atoms with Crippen molar-refractivity contribution in [3.05, 3.63) is 89.4 Å². The molecule has 0 saturated heterocycles. The average molecular weight is 443 g/mol. The molecule has 0 aliphatic rings. The molecule has 0 spiro atoms. The number of hydrogen-bond acceptors (Lipinski definition) is 4. The molecule has 5 rings (SSSR count). The zero-order valence-corrected chi connectivity index (χ0v) is 18.0. The molecule has 1 heterocycles. The van der Waals surface area contributed by atoms with Gasteiger partial charge in [0.15, 0.2) is 12.2 Å². The summed E-state index contributed by atoms with van der Waals surface area (Å²) in [6, 6.07) is 24.8. The molecule has 0 aliphatic carbocycles. The summed E-state index contributed by atoms with van der Waals surface area (Å²) < 4.78 is 11.6. The van der Waals surface area contributed by atoms with Gasteiger partial charge in [-0.15, -0.1) is 0 Å². The minimum atomic E-state index is -0.267. The molecular weight excluding hydrogens is 424 g/mol. The van der Waals surface area contributed by atoms with Gasteiger partial charge in [-0.25, -0.2) is 4.98 Å². The minimum absolute atomic E-state index is 0.111. The van der Waals surface area contributed by atoms with Gasteiger partial charge in [-0.3, -0.25) is 4.79 Å². The van der Waals surface area contributed by atoms with Crippen LogP contribution in [0.2, 0.25) is 5.02 Å². The van der Waals surface area contributed by atoms with Crippen LogP contribution >= 0.6 is 11.6 Å². The number of ether oxygens (including phenoxy) is 1. The Kier molecular flexibility index (Phi) is 5.25. The highest BCUT2D eigenvalue weighted by molar-refractivity contribution is 6.30. The number of hydrogen-bond donors (Lipinski definition) is 1. The first-order valence-electron chi connectivity index (χ1n) is 10.1. The van der Waals surface area contributed by atoms with E-state index < -0.39 is 0 Å². The lowest BCUT2D eigenvalue weighted by atomic mass is 10.0. The van der Waals surface area contributed by atoms with Crippen molar-refractivity contribution in [2.24, 2.45) is 0 Å². The number of nitrogens with zero attached hydrogens (tertiary/aromatic N) is 1. The van der Waals surface area contributed by atoms with E-state index in [4.69, 9.17) is 20.8 Å². The lowest BCUT2D eigenvalue weighted by Gasteiger charge is -2.09. The Bertz CT molecular complexity index is 1450. The van der Waals surface area contributed by atoms with Gasteiger partial charge in [-0.05, 0) is 65.7 Å². The van der Waals surface area contributed by atoms with Crippen molar-refractivity contribution in [2.75, 3.05) is 11.9 Å². The van der Waals surface area contributed by atoms with E-state index in [1.165, 1.54) is 0 Å². The van der Waals surface area contributed by atoms with E-state index in [9.17, 15) is 4.79 Å². The Balaban J connectivity index is 1.34. The maximum Gasteiger partial charge on any atom is 0.262 e. The maximum atomic E-state index is 12.4. The smallest absolute Gasteiger partial charge is 0.262 e. The van der Waals surface area contributed by atoms with Crippen LogP contribution in [0.5, 0.6) is 5.75 Å². The lowest BCUT2D eigenvalue weighted by molar-refractivity contribution is -0.118. The molecule has 1 N–H and O–H groups in total. The third-order valence-corrected chi connectivity index (χ3v) is 5.42. The Morgan fingerprint density at radius 2 is 1.88 bits per heavy atom. The Hall–Kier alpha value is -3.83. The summed E-state index contributed by atoms with van der Waals surface area (Å²) in [5, 5.41) is 5.67. The number of aryl methyl sites for hydroxylation is 1. The molecule has 6 heteroatoms. The van der Waals surface area contributed by atoms with E-state index in [2.05, 4.69) is 22.4 Å². The molecule has 0 aliphatic heterocycles. The molecule has 0 saturated carbocycles. The number of carbonyl (C=O) groups excluding carboxylic acids is 1. The molecule has 158 valence electrons. The number of anilines is 1. The highest BCUT2D eigenvalue weighted by Gasteiger charge is 2.13. The fourth-order valence-corrected chi connectivity index (χ4v) is 3.87. The number of amides is 1. The van der Waals surface area contributed by atoms with Crippen molar-refractivity contribution in [3.8, 4) is 17.2 Å². The van der Waals surface area contributed by atoms with E-state index >= 15 is 0 Å². The van der Waals surface area contributed by atoms with Crippen molar-refractivity contribution in [1.29, 1.82) is 0 Å². The third kappa shape index (κ3) is 4.03. The second-order valence-corrected chi connectivity index (χ2v) is 7.91. The Morgan fingerprint density at radius 1 is 1.03 bits per heavy atom. The molecule has 0 radical (unpaired) electrons. The summed E-state index contributed by atoms with van der Waals surface area (Å²) in [5.74, 6) is 0.898. The zero-order valence-electron chi connectivity index (χ0n) is 17.3. The van der Waals surface area contributed by atoms with E-state index in [0.717, 1.165) is 21.9 Å². The molecule has 0 fully saturated rings. The summed E-state index contributed by atoms with van der Waals surface area (Å²) in [6.07, 6.45) is 0. The number of nitrogens with one attached hydrogen (secondary N) is 1. The van der Waals surface area contributed by atoms with Crippen LogP contribution in [-0.2, 0) is 4.79 Å². The standard InChI is InChI=1S/C26H19ClN2O3/c1-16-13-18(27)9-11-23(16)31-15-25(30)28-19-10-12-24-22(14-19)29-26(32-24)21-8-4-6-17-5-2-3-7-20(17)21/h2-14H,15H2,1H3,(H,28,30). The van der Waals surface area contributed by atoms with Gasteiger partial charge in [0.1, 0.15) is 11.3 Å². The highest BCUT2D eigenvalue weighted by Crippen LogP contribution is 2.31. The first-order valence-corrected chi connectivity index (χ1v) is 10.5. The first-order chi connectivity index (χ1) is 15.6. The van der Waals surface area contributed by atoms with Gasteiger partial charge in [0, 0.05) is 16.3 Å². The summed E-state index contributed by atoms with van der Waals surface area (Å²) in [6.45, 7) is 1.77. The van der Waals surface area contributed by atoms with Gasteiger partial charge in [0.25, 0.3) is 5.91 Å². The molecule has 5 aromatic rings. The molecule has 4 aromatic carbocycles. The molecule has 1 amide bonds. The van der Waals surface area contributed by atoms with Crippen molar-refractivity contribution in [3.63, 3.8) is 0 Å². The third-order valence-electron chi connectivity index (χ3n) is 5.19. The summed E-state index contributed by atoms with van der Waals surface area (Å²) in [7, 11) is 0. The van der Waals surface area contributed by atoms with Gasteiger partial charge in [0.2, 0.25) is 5.89 Å². The van der Waals surface area contributed by atoms with Crippen LogP contribution in [0.1, 0.15) is 5.56 Å².